The van der Waals surface area contributed by atoms with Gasteiger partial charge in [-0.1, -0.05) is 47.2 Å². The van der Waals surface area contributed by atoms with E-state index in [0.29, 0.717) is 27.3 Å². The minimum atomic E-state index is -4.72. The van der Waals surface area contributed by atoms with Gasteiger partial charge in [-0.2, -0.15) is 5.10 Å². The molecule has 1 aliphatic rings. The fourth-order valence-electron chi connectivity index (χ4n) is 4.41. The summed E-state index contributed by atoms with van der Waals surface area (Å²) >= 11 is 13.4. The highest BCUT2D eigenvalue weighted by Crippen LogP contribution is 2.33. The first-order chi connectivity index (χ1) is 25.0. The summed E-state index contributed by atoms with van der Waals surface area (Å²) in [6, 6.07) is 19.6. The average molecular weight is 882 g/mol. The Labute approximate surface area is 323 Å². The van der Waals surface area contributed by atoms with Crippen LogP contribution in [0.4, 0.5) is 26.3 Å². The molecule has 16 heteroatoms. The van der Waals surface area contributed by atoms with Crippen LogP contribution in [0.3, 0.4) is 0 Å². The number of aromatic nitrogens is 4. The maximum atomic E-state index is 12.2. The molecule has 53 heavy (non-hydrogen) atoms. The van der Waals surface area contributed by atoms with Crippen LogP contribution in [0.15, 0.2) is 108 Å². The average Bonchev–Trinajstić information content (AvgIpc) is 3.63. The fraction of sp³-hybridized carbons (Fsp3) is 0.135. The number of pyridine rings is 2. The first-order valence-electron chi connectivity index (χ1n) is 14.9. The Morgan fingerprint density at radius 1 is 0.755 bits per heavy atom. The van der Waals surface area contributed by atoms with Crippen molar-refractivity contribution >= 4 is 49.5 Å². The molecule has 0 amide bonds. The van der Waals surface area contributed by atoms with Gasteiger partial charge in [0.2, 0.25) is 0 Å². The molecule has 0 N–H and O–H groups in total. The van der Waals surface area contributed by atoms with Crippen LogP contribution in [-0.2, 0) is 0 Å². The maximum Gasteiger partial charge on any atom is 0.573 e. The van der Waals surface area contributed by atoms with E-state index in [1.165, 1.54) is 36.4 Å². The van der Waals surface area contributed by atoms with Crippen LogP contribution in [-0.4, -0.2) is 36.2 Å². The summed E-state index contributed by atoms with van der Waals surface area (Å²) in [7, 11) is 0. The van der Waals surface area contributed by atoms with E-state index < -0.39 is 12.7 Å². The molecule has 1 aliphatic heterocycles. The van der Waals surface area contributed by atoms with Crippen molar-refractivity contribution in [3.05, 3.63) is 141 Å². The lowest BCUT2D eigenvalue weighted by Gasteiger charge is -2.12. The molecule has 0 spiro atoms. The number of nitrogens with zero attached hydrogens (tertiary/aromatic N) is 5. The van der Waals surface area contributed by atoms with Crippen molar-refractivity contribution in [1.82, 2.24) is 19.7 Å². The highest BCUT2D eigenvalue weighted by molar-refractivity contribution is 14.1. The Balaban J connectivity index is 0.000000200. The monoisotopic (exact) mass is 881 g/mol. The summed E-state index contributed by atoms with van der Waals surface area (Å²) in [5.74, 6) is 7.79. The summed E-state index contributed by atoms with van der Waals surface area (Å²) < 4.78 is 82.8. The molecular weight excluding hydrogens is 858 g/mol. The number of terminal acetylenes is 1. The molecule has 0 saturated heterocycles. The van der Waals surface area contributed by atoms with Crippen LogP contribution in [0.25, 0.3) is 5.69 Å². The molecule has 4 heterocycles. The van der Waals surface area contributed by atoms with E-state index in [0.717, 1.165) is 26.1 Å². The third kappa shape index (κ3) is 13.5. The van der Waals surface area contributed by atoms with Crippen LogP contribution >= 0.6 is 45.8 Å². The molecule has 0 aliphatic carbocycles. The Hall–Kier alpha value is -5.03. The fourth-order valence-corrected chi connectivity index (χ4v) is 5.53. The Morgan fingerprint density at radius 2 is 1.28 bits per heavy atom. The number of ether oxygens (including phenoxy) is 2. The van der Waals surface area contributed by atoms with Gasteiger partial charge in [-0.05, 0) is 126 Å². The SMILES string of the molecule is C#Cc1ccnc(Cl)c1.CC1=CC(I)=NC1c1ccc(OC(F)(F)F)cc1.Cc1cc(C#Cc2ccnc(Cl)c2)nn1-c1ccc(OC(F)(F)F)cc1. The summed E-state index contributed by atoms with van der Waals surface area (Å²) in [4.78, 5) is 12.0. The van der Waals surface area contributed by atoms with Crippen LogP contribution in [0, 0.1) is 31.1 Å². The van der Waals surface area contributed by atoms with Gasteiger partial charge >= 0.3 is 12.7 Å². The number of halogens is 9. The molecule has 1 atom stereocenters. The van der Waals surface area contributed by atoms with Crippen molar-refractivity contribution in [1.29, 1.82) is 0 Å². The molecule has 272 valence electrons. The lowest BCUT2D eigenvalue weighted by atomic mass is 10.0. The number of alkyl halides is 6. The van der Waals surface area contributed by atoms with Gasteiger partial charge in [0, 0.05) is 29.2 Å². The van der Waals surface area contributed by atoms with Crippen molar-refractivity contribution in [2.24, 2.45) is 4.99 Å². The molecule has 0 fully saturated rings. The van der Waals surface area contributed by atoms with E-state index in [-0.39, 0.29) is 17.5 Å². The zero-order valence-corrected chi connectivity index (χ0v) is 31.0. The van der Waals surface area contributed by atoms with Gasteiger partial charge in [0.05, 0.1) is 15.4 Å². The van der Waals surface area contributed by atoms with E-state index in [1.807, 2.05) is 19.9 Å². The van der Waals surface area contributed by atoms with Crippen molar-refractivity contribution in [3.8, 4) is 41.4 Å². The third-order valence-corrected chi connectivity index (χ3v) is 7.62. The van der Waals surface area contributed by atoms with Crippen molar-refractivity contribution in [2.45, 2.75) is 32.6 Å². The number of hydrogen-bond acceptors (Lipinski definition) is 6. The van der Waals surface area contributed by atoms with Crippen molar-refractivity contribution in [3.63, 3.8) is 0 Å². The van der Waals surface area contributed by atoms with Crippen molar-refractivity contribution < 1.29 is 35.8 Å². The highest BCUT2D eigenvalue weighted by atomic mass is 127. The Morgan fingerprint density at radius 3 is 1.75 bits per heavy atom. The Bertz CT molecular complexity index is 2200. The number of aryl methyl sites for hydroxylation is 1. The summed E-state index contributed by atoms with van der Waals surface area (Å²) in [6.45, 7) is 3.77. The maximum absolute atomic E-state index is 12.2. The zero-order chi connectivity index (χ0) is 38.8. The minimum absolute atomic E-state index is 0.100. The third-order valence-electron chi connectivity index (χ3n) is 6.62. The zero-order valence-electron chi connectivity index (χ0n) is 27.3. The van der Waals surface area contributed by atoms with Gasteiger partial charge < -0.3 is 9.47 Å². The van der Waals surface area contributed by atoms with E-state index in [4.69, 9.17) is 29.6 Å². The van der Waals surface area contributed by atoms with Crippen molar-refractivity contribution in [2.75, 3.05) is 0 Å². The lowest BCUT2D eigenvalue weighted by molar-refractivity contribution is -0.275. The van der Waals surface area contributed by atoms with Crippen LogP contribution in [0.2, 0.25) is 10.3 Å². The van der Waals surface area contributed by atoms with E-state index in [2.05, 4.69) is 69.9 Å². The second-order valence-electron chi connectivity index (χ2n) is 10.6. The molecule has 7 nitrogen and oxygen atoms in total. The van der Waals surface area contributed by atoms with Crippen LogP contribution < -0.4 is 9.47 Å². The largest absolute Gasteiger partial charge is 0.573 e. The first kappa shape index (κ1) is 40.7. The summed E-state index contributed by atoms with van der Waals surface area (Å²) in [6.07, 6.45) is 0.794. The number of hydrogen-bond donors (Lipinski definition) is 0. The quantitative estimate of drug-likeness (QED) is 0.0778. The molecule has 0 radical (unpaired) electrons. The molecule has 3 aromatic heterocycles. The lowest BCUT2D eigenvalue weighted by Crippen LogP contribution is -2.17. The van der Waals surface area contributed by atoms with Gasteiger partial charge in [-0.3, -0.25) is 4.99 Å². The number of benzene rings is 2. The number of aliphatic imine (C=N–C) groups is 1. The normalized spacial score (nSPS) is 13.4. The molecule has 1 unspecified atom stereocenters. The van der Waals surface area contributed by atoms with Gasteiger partial charge in [-0.25, -0.2) is 14.6 Å². The van der Waals surface area contributed by atoms with E-state index in [9.17, 15) is 26.3 Å². The number of rotatable bonds is 4. The van der Waals surface area contributed by atoms with E-state index in [1.54, 1.807) is 59.5 Å². The minimum Gasteiger partial charge on any atom is -0.406 e. The predicted octanol–water partition coefficient (Wildman–Crippen LogP) is 10.7. The summed E-state index contributed by atoms with van der Waals surface area (Å²) in [5, 5.41) is 5.14. The number of allylic oxidation sites excluding steroid dienone is 1. The topological polar surface area (TPSA) is 74.4 Å². The second-order valence-corrected chi connectivity index (χ2v) is 12.5. The molecule has 6 rings (SSSR count). The van der Waals surface area contributed by atoms with E-state index >= 15 is 0 Å². The molecule has 5 aromatic rings. The van der Waals surface area contributed by atoms with Gasteiger partial charge in [0.25, 0.3) is 0 Å². The van der Waals surface area contributed by atoms with Gasteiger partial charge in [0.1, 0.15) is 27.5 Å². The van der Waals surface area contributed by atoms with Gasteiger partial charge in [-0.15, -0.1) is 32.8 Å². The molecular formula is C37H24Cl2F6IN5O2. The van der Waals surface area contributed by atoms with Crippen LogP contribution in [0.5, 0.6) is 11.5 Å². The smallest absolute Gasteiger partial charge is 0.406 e. The second kappa shape index (κ2) is 18.1. The molecule has 0 bridgehead atoms. The predicted molar refractivity (Wildman–Crippen MR) is 198 cm³/mol. The highest BCUT2D eigenvalue weighted by Gasteiger charge is 2.32. The first-order valence-corrected chi connectivity index (χ1v) is 16.7. The molecule has 0 saturated carbocycles. The standard InChI is InChI=1S/C18H11ClF3N3O.C12H9F3INO.C7H4ClN/c1-12-10-14(3-2-13-8-9-23-17(19)11-13)24-25(12)15-4-6-16(7-5-15)26-18(20,21)22;1-7-6-10(16)17-11(7)8-2-4-9(5-3-8)18-12(13,14)15;1-2-6-3-4-9-7(8)5-6/h4-11H,1H3;2-6,11H,1H3;1,3-5H. The molecule has 2 aromatic carbocycles. The van der Waals surface area contributed by atoms with Gasteiger partial charge in [0.15, 0.2) is 0 Å². The Kier molecular flexibility index (Phi) is 13.9. The summed E-state index contributed by atoms with van der Waals surface area (Å²) in [5.41, 5.74) is 5.28. The van der Waals surface area contributed by atoms with Crippen LogP contribution in [0.1, 0.15) is 41.0 Å².